The van der Waals surface area contributed by atoms with E-state index >= 15 is 0 Å². The van der Waals surface area contributed by atoms with Crippen molar-refractivity contribution in [1.29, 1.82) is 0 Å². The van der Waals surface area contributed by atoms with Crippen molar-refractivity contribution in [3.63, 3.8) is 0 Å². The molecule has 0 aliphatic carbocycles. The minimum Gasteiger partial charge on any atom is -0.438 e. The number of carbonyl (C=O) groups is 2. The van der Waals surface area contributed by atoms with Crippen molar-refractivity contribution in [1.82, 2.24) is 10.4 Å². The van der Waals surface area contributed by atoms with Gasteiger partial charge in [-0.2, -0.15) is 0 Å². The molecule has 33 heavy (non-hydrogen) atoms. The average Bonchev–Trinajstić information content (AvgIpc) is 3.09. The number of ether oxygens (including phenoxy) is 1. The Morgan fingerprint density at radius 3 is 2.48 bits per heavy atom. The summed E-state index contributed by atoms with van der Waals surface area (Å²) in [4.78, 5) is 41.6. The highest BCUT2D eigenvalue weighted by Crippen LogP contribution is 2.32. The molecule has 0 spiro atoms. The third-order valence-corrected chi connectivity index (χ3v) is 4.87. The maximum atomic E-state index is 12.9. The standard InChI is InChI=1S/C23H19N5O5/c1-26(2)17-9-8-15(20(13-17)33-21-11-10-18(14-24-21)28(31)32)12-19-22(29)25-27(23(19)30)16-6-4-3-5-7-16/h3-14H,1-2H3,(H,25,29)/b19-12-. The fourth-order valence-corrected chi connectivity index (χ4v) is 3.13. The van der Waals surface area contributed by atoms with Gasteiger partial charge in [0.05, 0.1) is 10.6 Å². The summed E-state index contributed by atoms with van der Waals surface area (Å²) in [5.41, 5.74) is 4.14. The summed E-state index contributed by atoms with van der Waals surface area (Å²) < 4.78 is 5.87. The Morgan fingerprint density at radius 2 is 1.85 bits per heavy atom. The molecule has 2 heterocycles. The minimum atomic E-state index is -0.553. The van der Waals surface area contributed by atoms with Crippen molar-refractivity contribution in [2.45, 2.75) is 0 Å². The first-order valence-electron chi connectivity index (χ1n) is 9.85. The Kier molecular flexibility index (Phi) is 5.73. The van der Waals surface area contributed by atoms with E-state index in [2.05, 4.69) is 10.4 Å². The van der Waals surface area contributed by atoms with Gasteiger partial charge in [0.2, 0.25) is 5.88 Å². The summed E-state index contributed by atoms with van der Waals surface area (Å²) in [7, 11) is 3.71. The Hall–Kier alpha value is -4.73. The Balaban J connectivity index is 1.69. The van der Waals surface area contributed by atoms with E-state index in [4.69, 9.17) is 4.74 Å². The van der Waals surface area contributed by atoms with Gasteiger partial charge >= 0.3 is 0 Å². The number of hydrogen-bond acceptors (Lipinski definition) is 7. The summed E-state index contributed by atoms with van der Waals surface area (Å²) in [5.74, 6) is -0.583. The third-order valence-electron chi connectivity index (χ3n) is 4.87. The highest BCUT2D eigenvalue weighted by atomic mass is 16.6. The van der Waals surface area contributed by atoms with Crippen LogP contribution in [0.25, 0.3) is 6.08 Å². The molecule has 10 nitrogen and oxygen atoms in total. The van der Waals surface area contributed by atoms with Gasteiger partial charge in [0.25, 0.3) is 17.5 Å². The number of amides is 2. The highest BCUT2D eigenvalue weighted by molar-refractivity contribution is 6.31. The third kappa shape index (κ3) is 4.49. The van der Waals surface area contributed by atoms with Gasteiger partial charge in [0.15, 0.2) is 0 Å². The van der Waals surface area contributed by atoms with E-state index in [-0.39, 0.29) is 17.1 Å². The van der Waals surface area contributed by atoms with Crippen molar-refractivity contribution >= 4 is 35.0 Å². The van der Waals surface area contributed by atoms with Crippen molar-refractivity contribution in [3.8, 4) is 11.6 Å². The molecule has 1 saturated heterocycles. The van der Waals surface area contributed by atoms with Crippen LogP contribution < -0.4 is 20.1 Å². The number of carbonyl (C=O) groups excluding carboxylic acids is 2. The van der Waals surface area contributed by atoms with Crippen molar-refractivity contribution in [2.75, 3.05) is 24.0 Å². The fraction of sp³-hybridized carbons (Fsp3) is 0.0870. The Labute approximate surface area is 188 Å². The lowest BCUT2D eigenvalue weighted by Crippen LogP contribution is -2.35. The Bertz CT molecular complexity index is 1260. The summed E-state index contributed by atoms with van der Waals surface area (Å²) in [5, 5.41) is 12.0. The lowest BCUT2D eigenvalue weighted by Gasteiger charge is -2.16. The number of rotatable bonds is 6. The quantitative estimate of drug-likeness (QED) is 0.268. The molecule has 166 valence electrons. The summed E-state index contributed by atoms with van der Waals surface area (Å²) in [6.45, 7) is 0. The lowest BCUT2D eigenvalue weighted by atomic mass is 10.1. The molecule has 4 rings (SSSR count). The summed E-state index contributed by atoms with van der Waals surface area (Å²) >= 11 is 0. The van der Waals surface area contributed by atoms with E-state index < -0.39 is 16.7 Å². The molecule has 0 unspecified atom stereocenters. The molecule has 1 aliphatic heterocycles. The van der Waals surface area contributed by atoms with Crippen LogP contribution in [0.2, 0.25) is 0 Å². The molecule has 10 heteroatoms. The first kappa shape index (κ1) is 21.5. The van der Waals surface area contributed by atoms with Crippen LogP contribution in [0.1, 0.15) is 5.56 Å². The van der Waals surface area contributed by atoms with Crippen LogP contribution in [0.5, 0.6) is 11.6 Å². The van der Waals surface area contributed by atoms with Crippen molar-refractivity contribution < 1.29 is 19.2 Å². The molecule has 1 aliphatic rings. The molecule has 0 radical (unpaired) electrons. The largest absolute Gasteiger partial charge is 0.438 e. The zero-order chi connectivity index (χ0) is 23.5. The van der Waals surface area contributed by atoms with E-state index in [1.807, 2.05) is 31.1 Å². The predicted octanol–water partition coefficient (Wildman–Crippen LogP) is 3.31. The number of benzene rings is 2. The molecule has 3 aromatic rings. The highest BCUT2D eigenvalue weighted by Gasteiger charge is 2.34. The van der Waals surface area contributed by atoms with Crippen LogP contribution in [0.4, 0.5) is 17.1 Å². The number of pyridine rings is 1. The van der Waals surface area contributed by atoms with E-state index in [0.29, 0.717) is 17.0 Å². The zero-order valence-electron chi connectivity index (χ0n) is 17.8. The summed E-state index contributed by atoms with van der Waals surface area (Å²) in [6, 6.07) is 16.7. The van der Waals surface area contributed by atoms with E-state index in [1.54, 1.807) is 36.4 Å². The average molecular weight is 445 g/mol. The monoisotopic (exact) mass is 445 g/mol. The SMILES string of the molecule is CN(C)c1ccc(/C=C2/C(=O)NN(c3ccccc3)C2=O)c(Oc2ccc([N+](=O)[O-])cn2)c1. The number of hydrogen-bond donors (Lipinski definition) is 1. The van der Waals surface area contributed by atoms with Crippen LogP contribution in [0, 0.1) is 10.1 Å². The van der Waals surface area contributed by atoms with Crippen molar-refractivity contribution in [2.24, 2.45) is 0 Å². The number of nitrogens with one attached hydrogen (secondary N) is 1. The number of hydrazine groups is 1. The van der Waals surface area contributed by atoms with Crippen LogP contribution in [-0.4, -0.2) is 35.8 Å². The van der Waals surface area contributed by atoms with Gasteiger partial charge in [-0.3, -0.25) is 25.1 Å². The van der Waals surface area contributed by atoms with E-state index in [1.165, 1.54) is 23.2 Å². The van der Waals surface area contributed by atoms with E-state index in [0.717, 1.165) is 11.9 Å². The van der Waals surface area contributed by atoms with Crippen molar-refractivity contribution in [3.05, 3.63) is 88.1 Å². The first-order valence-corrected chi connectivity index (χ1v) is 9.85. The summed E-state index contributed by atoms with van der Waals surface area (Å²) in [6.07, 6.45) is 2.54. The molecular formula is C23H19N5O5. The van der Waals surface area contributed by atoms with Gasteiger partial charge in [0, 0.05) is 43.5 Å². The Morgan fingerprint density at radius 1 is 1.09 bits per heavy atom. The maximum absolute atomic E-state index is 12.9. The second-order valence-corrected chi connectivity index (χ2v) is 7.31. The fourth-order valence-electron chi connectivity index (χ4n) is 3.13. The molecule has 0 saturated carbocycles. The molecule has 1 N–H and O–H groups in total. The molecular weight excluding hydrogens is 426 g/mol. The first-order chi connectivity index (χ1) is 15.8. The molecule has 1 aromatic heterocycles. The number of anilines is 2. The molecule has 2 amide bonds. The number of aromatic nitrogens is 1. The van der Waals surface area contributed by atoms with Crippen LogP contribution >= 0.6 is 0 Å². The van der Waals surface area contributed by atoms with Gasteiger partial charge in [-0.25, -0.2) is 9.99 Å². The van der Waals surface area contributed by atoms with Gasteiger partial charge in [-0.15, -0.1) is 0 Å². The predicted molar refractivity (Wildman–Crippen MR) is 122 cm³/mol. The van der Waals surface area contributed by atoms with Crippen LogP contribution in [-0.2, 0) is 9.59 Å². The normalized spacial score (nSPS) is 14.4. The van der Waals surface area contributed by atoms with E-state index in [9.17, 15) is 19.7 Å². The van der Waals surface area contributed by atoms with Gasteiger partial charge < -0.3 is 9.64 Å². The molecule has 2 aromatic carbocycles. The van der Waals surface area contributed by atoms with Gasteiger partial charge in [-0.05, 0) is 30.3 Å². The lowest BCUT2D eigenvalue weighted by molar-refractivity contribution is -0.385. The van der Waals surface area contributed by atoms with Gasteiger partial charge in [-0.1, -0.05) is 18.2 Å². The maximum Gasteiger partial charge on any atom is 0.287 e. The molecule has 0 atom stereocenters. The minimum absolute atomic E-state index is 0.0574. The topological polar surface area (TPSA) is 118 Å². The van der Waals surface area contributed by atoms with Crippen LogP contribution in [0.15, 0.2) is 72.4 Å². The molecule has 1 fully saturated rings. The molecule has 0 bridgehead atoms. The number of nitro groups is 1. The second-order valence-electron chi connectivity index (χ2n) is 7.31. The zero-order valence-corrected chi connectivity index (χ0v) is 17.8. The number of para-hydroxylation sites is 1. The van der Waals surface area contributed by atoms with Gasteiger partial charge in [0.1, 0.15) is 17.5 Å². The number of nitrogens with zero attached hydrogens (tertiary/aromatic N) is 4. The van der Waals surface area contributed by atoms with Crippen LogP contribution in [0.3, 0.4) is 0 Å². The smallest absolute Gasteiger partial charge is 0.287 e. The second kappa shape index (κ2) is 8.79.